The number of benzene rings is 1. The molecule has 0 aliphatic rings. The van der Waals surface area contributed by atoms with Gasteiger partial charge in [0.2, 0.25) is 5.91 Å². The summed E-state index contributed by atoms with van der Waals surface area (Å²) in [5.41, 5.74) is 0.578. The standard InChI is InChI=1S/C13H16F3NO3/c1-9(18)6-7-17-12(19)8-10-2-4-11(5-3-10)20-13(14,15)16/h2-5,9,18H,6-8H2,1H3,(H,17,19). The highest BCUT2D eigenvalue weighted by molar-refractivity contribution is 5.78. The van der Waals surface area contributed by atoms with E-state index in [2.05, 4.69) is 10.1 Å². The predicted octanol–water partition coefficient (Wildman–Crippen LogP) is 2.01. The number of carbonyl (C=O) groups is 1. The third-order valence-corrected chi connectivity index (χ3v) is 2.41. The molecule has 1 amide bonds. The van der Waals surface area contributed by atoms with Crippen molar-refractivity contribution in [1.29, 1.82) is 0 Å². The molecule has 0 radical (unpaired) electrons. The Labute approximate surface area is 114 Å². The van der Waals surface area contributed by atoms with E-state index in [4.69, 9.17) is 5.11 Å². The Hall–Kier alpha value is -1.76. The summed E-state index contributed by atoms with van der Waals surface area (Å²) < 4.78 is 39.6. The van der Waals surface area contributed by atoms with Crippen molar-refractivity contribution >= 4 is 5.91 Å². The number of rotatable bonds is 6. The molecule has 0 saturated heterocycles. The number of carbonyl (C=O) groups excluding carboxylic acids is 1. The van der Waals surface area contributed by atoms with Crippen molar-refractivity contribution in [3.8, 4) is 5.75 Å². The number of nitrogens with one attached hydrogen (secondary N) is 1. The number of aliphatic hydroxyl groups is 1. The third-order valence-electron chi connectivity index (χ3n) is 2.41. The molecule has 0 saturated carbocycles. The molecule has 1 atom stereocenters. The van der Waals surface area contributed by atoms with Crippen LogP contribution in [0.4, 0.5) is 13.2 Å². The first kappa shape index (κ1) is 16.3. The summed E-state index contributed by atoms with van der Waals surface area (Å²) in [6, 6.07) is 5.11. The van der Waals surface area contributed by atoms with E-state index in [0.29, 0.717) is 18.5 Å². The van der Waals surface area contributed by atoms with E-state index >= 15 is 0 Å². The molecule has 0 heterocycles. The molecule has 2 N–H and O–H groups in total. The summed E-state index contributed by atoms with van der Waals surface area (Å²) in [7, 11) is 0. The molecule has 1 rings (SSSR count). The summed E-state index contributed by atoms with van der Waals surface area (Å²) in [4.78, 5) is 11.5. The minimum atomic E-state index is -4.72. The van der Waals surface area contributed by atoms with E-state index in [1.807, 2.05) is 0 Å². The van der Waals surface area contributed by atoms with Gasteiger partial charge in [-0.1, -0.05) is 12.1 Å². The predicted molar refractivity (Wildman–Crippen MR) is 66.1 cm³/mol. The van der Waals surface area contributed by atoms with E-state index in [9.17, 15) is 18.0 Å². The van der Waals surface area contributed by atoms with E-state index in [1.54, 1.807) is 6.92 Å². The Balaban J connectivity index is 2.43. The molecule has 0 fully saturated rings. The molecule has 0 aliphatic heterocycles. The number of hydrogen-bond donors (Lipinski definition) is 2. The van der Waals surface area contributed by atoms with Gasteiger partial charge in [-0.05, 0) is 31.0 Å². The van der Waals surface area contributed by atoms with Crippen molar-refractivity contribution in [2.45, 2.75) is 32.2 Å². The number of alkyl halides is 3. The molecule has 0 bridgehead atoms. The molecule has 1 aromatic rings. The van der Waals surface area contributed by atoms with Gasteiger partial charge in [0.25, 0.3) is 0 Å². The van der Waals surface area contributed by atoms with Crippen LogP contribution in [0, 0.1) is 0 Å². The summed E-state index contributed by atoms with van der Waals surface area (Å²) >= 11 is 0. The van der Waals surface area contributed by atoms with Gasteiger partial charge in [-0.15, -0.1) is 13.2 Å². The zero-order valence-corrected chi connectivity index (χ0v) is 10.9. The Morgan fingerprint density at radius 1 is 1.35 bits per heavy atom. The van der Waals surface area contributed by atoms with Crippen LogP contribution < -0.4 is 10.1 Å². The molecule has 20 heavy (non-hydrogen) atoms. The van der Waals surface area contributed by atoms with Crippen molar-refractivity contribution in [2.24, 2.45) is 0 Å². The topological polar surface area (TPSA) is 58.6 Å². The smallest absolute Gasteiger partial charge is 0.406 e. The maximum absolute atomic E-state index is 11.9. The van der Waals surface area contributed by atoms with E-state index in [0.717, 1.165) is 12.1 Å². The quantitative estimate of drug-likeness (QED) is 0.843. The molecular weight excluding hydrogens is 275 g/mol. The van der Waals surface area contributed by atoms with Crippen LogP contribution in [0.15, 0.2) is 24.3 Å². The van der Waals surface area contributed by atoms with Crippen LogP contribution in [0.3, 0.4) is 0 Å². The first-order valence-corrected chi connectivity index (χ1v) is 6.06. The van der Waals surface area contributed by atoms with Crippen LogP contribution in [-0.4, -0.2) is 30.0 Å². The average Bonchev–Trinajstić information content (AvgIpc) is 2.29. The van der Waals surface area contributed by atoms with Gasteiger partial charge in [0, 0.05) is 6.54 Å². The Morgan fingerprint density at radius 3 is 2.45 bits per heavy atom. The van der Waals surface area contributed by atoms with E-state index in [1.165, 1.54) is 12.1 Å². The molecule has 7 heteroatoms. The zero-order chi connectivity index (χ0) is 15.2. The average molecular weight is 291 g/mol. The van der Waals surface area contributed by atoms with Crippen LogP contribution >= 0.6 is 0 Å². The lowest BCUT2D eigenvalue weighted by Gasteiger charge is -2.09. The van der Waals surface area contributed by atoms with Crippen LogP contribution in [0.5, 0.6) is 5.75 Å². The van der Waals surface area contributed by atoms with Gasteiger partial charge in [0.1, 0.15) is 5.75 Å². The van der Waals surface area contributed by atoms with Gasteiger partial charge >= 0.3 is 6.36 Å². The SMILES string of the molecule is CC(O)CCNC(=O)Cc1ccc(OC(F)(F)F)cc1. The van der Waals surface area contributed by atoms with E-state index < -0.39 is 12.5 Å². The molecule has 0 aliphatic carbocycles. The highest BCUT2D eigenvalue weighted by Crippen LogP contribution is 2.22. The molecule has 4 nitrogen and oxygen atoms in total. The first-order chi connectivity index (χ1) is 9.26. The zero-order valence-electron chi connectivity index (χ0n) is 10.9. The van der Waals surface area contributed by atoms with Gasteiger partial charge in [-0.3, -0.25) is 4.79 Å². The highest BCUT2D eigenvalue weighted by atomic mass is 19.4. The first-order valence-electron chi connectivity index (χ1n) is 6.06. The maximum Gasteiger partial charge on any atom is 0.573 e. The summed E-state index contributed by atoms with van der Waals surface area (Å²) in [5, 5.41) is 11.6. The van der Waals surface area contributed by atoms with Gasteiger partial charge in [-0.25, -0.2) is 0 Å². The van der Waals surface area contributed by atoms with Crippen molar-refractivity contribution in [3.05, 3.63) is 29.8 Å². The third kappa shape index (κ3) is 6.98. The number of hydrogen-bond acceptors (Lipinski definition) is 3. The second kappa shape index (κ2) is 7.14. The fourth-order valence-electron chi connectivity index (χ4n) is 1.48. The van der Waals surface area contributed by atoms with Crippen molar-refractivity contribution in [1.82, 2.24) is 5.32 Å². The summed E-state index contributed by atoms with van der Waals surface area (Å²) in [5.74, 6) is -0.578. The molecular formula is C13H16F3NO3. The maximum atomic E-state index is 11.9. The molecule has 0 spiro atoms. The molecule has 0 aromatic heterocycles. The summed E-state index contributed by atoms with van der Waals surface area (Å²) in [6.45, 7) is 1.97. The van der Waals surface area contributed by atoms with Crippen LogP contribution in [-0.2, 0) is 11.2 Å². The number of amides is 1. The lowest BCUT2D eigenvalue weighted by Crippen LogP contribution is -2.27. The fraction of sp³-hybridized carbons (Fsp3) is 0.462. The monoisotopic (exact) mass is 291 g/mol. The normalized spacial score (nSPS) is 12.8. The Bertz CT molecular complexity index is 429. The van der Waals surface area contributed by atoms with Gasteiger partial charge in [-0.2, -0.15) is 0 Å². The highest BCUT2D eigenvalue weighted by Gasteiger charge is 2.30. The molecule has 1 aromatic carbocycles. The molecule has 1 unspecified atom stereocenters. The minimum Gasteiger partial charge on any atom is -0.406 e. The number of ether oxygens (including phenoxy) is 1. The number of aliphatic hydroxyl groups excluding tert-OH is 1. The van der Waals surface area contributed by atoms with Gasteiger partial charge < -0.3 is 15.2 Å². The number of halogens is 3. The van der Waals surface area contributed by atoms with Crippen LogP contribution in [0.25, 0.3) is 0 Å². The van der Waals surface area contributed by atoms with Crippen LogP contribution in [0.2, 0.25) is 0 Å². The Kier molecular flexibility index (Phi) is 5.82. The van der Waals surface area contributed by atoms with Crippen LogP contribution in [0.1, 0.15) is 18.9 Å². The van der Waals surface area contributed by atoms with Crippen molar-refractivity contribution in [3.63, 3.8) is 0 Å². The second-order valence-electron chi connectivity index (χ2n) is 4.36. The second-order valence-corrected chi connectivity index (χ2v) is 4.36. The largest absolute Gasteiger partial charge is 0.573 e. The fourth-order valence-corrected chi connectivity index (χ4v) is 1.48. The minimum absolute atomic E-state index is 0.0616. The van der Waals surface area contributed by atoms with Crippen molar-refractivity contribution < 1.29 is 27.8 Å². The van der Waals surface area contributed by atoms with Gasteiger partial charge in [0.15, 0.2) is 0 Å². The van der Waals surface area contributed by atoms with Gasteiger partial charge in [0.05, 0.1) is 12.5 Å². The van der Waals surface area contributed by atoms with Crippen molar-refractivity contribution in [2.75, 3.05) is 6.54 Å². The lowest BCUT2D eigenvalue weighted by atomic mass is 10.1. The van der Waals surface area contributed by atoms with E-state index in [-0.39, 0.29) is 18.1 Å². The lowest BCUT2D eigenvalue weighted by molar-refractivity contribution is -0.274. The summed E-state index contributed by atoms with van der Waals surface area (Å²) in [6.07, 6.45) is -4.70. The Morgan fingerprint density at radius 2 is 1.95 bits per heavy atom. The molecule has 112 valence electrons.